The van der Waals surface area contributed by atoms with E-state index in [0.29, 0.717) is 22.7 Å². The molecular weight excluding hydrogens is 498 g/mol. The van der Waals surface area contributed by atoms with Crippen LogP contribution in [0.1, 0.15) is 44.2 Å². The summed E-state index contributed by atoms with van der Waals surface area (Å²) in [6, 6.07) is 12.1. The average Bonchev–Trinajstić information content (AvgIpc) is 3.48. The molecule has 0 saturated carbocycles. The van der Waals surface area contributed by atoms with Crippen LogP contribution in [0.2, 0.25) is 5.02 Å². The Morgan fingerprint density at radius 2 is 1.97 bits per heavy atom. The topological polar surface area (TPSA) is 92.2 Å². The number of aromatic amines is 1. The third-order valence-corrected chi connectivity index (χ3v) is 7.69. The molecule has 3 aromatic rings. The van der Waals surface area contributed by atoms with E-state index in [2.05, 4.69) is 39.7 Å². The number of hydrogen-bond acceptors (Lipinski definition) is 6. The van der Waals surface area contributed by atoms with E-state index in [1.165, 1.54) is 5.56 Å². The second-order valence-electron chi connectivity index (χ2n) is 9.91. The summed E-state index contributed by atoms with van der Waals surface area (Å²) in [4.78, 5) is 31.0. The van der Waals surface area contributed by atoms with Gasteiger partial charge in [-0.25, -0.2) is 9.97 Å². The van der Waals surface area contributed by atoms with E-state index in [1.807, 2.05) is 23.4 Å². The maximum Gasteiger partial charge on any atom is 0.219 e. The number of aryl methyl sites for hydroxylation is 1. The maximum atomic E-state index is 11.6. The van der Waals surface area contributed by atoms with Gasteiger partial charge in [0.05, 0.1) is 11.6 Å². The Balaban J connectivity index is 0.000000317. The molecule has 0 radical (unpaired) electrons. The molecular formula is C29H36ClN7O. The zero-order valence-corrected chi connectivity index (χ0v) is 23.2. The van der Waals surface area contributed by atoms with Crippen LogP contribution >= 0.6 is 11.6 Å². The number of carbonyl (C=O) groups is 1. The van der Waals surface area contributed by atoms with Gasteiger partial charge in [-0.1, -0.05) is 24.6 Å². The molecule has 2 aromatic heterocycles. The van der Waals surface area contributed by atoms with Gasteiger partial charge in [-0.15, -0.1) is 0 Å². The Morgan fingerprint density at radius 1 is 1.18 bits per heavy atom. The minimum Gasteiger partial charge on any atom is -0.354 e. The number of H-pyrrole nitrogens is 1. The van der Waals surface area contributed by atoms with Gasteiger partial charge in [-0.05, 0) is 56.0 Å². The van der Waals surface area contributed by atoms with Gasteiger partial charge in [-0.3, -0.25) is 9.69 Å². The highest BCUT2D eigenvalue weighted by Gasteiger charge is 2.34. The Bertz CT molecular complexity index is 1250. The lowest BCUT2D eigenvalue weighted by Crippen LogP contribution is -2.58. The quantitative estimate of drug-likeness (QED) is 0.512. The molecule has 1 aromatic carbocycles. The number of aromatic nitrogens is 3. The number of halogens is 1. The number of piperidine rings is 1. The van der Waals surface area contributed by atoms with E-state index in [4.69, 9.17) is 21.8 Å². The van der Waals surface area contributed by atoms with Crippen molar-refractivity contribution in [2.24, 2.45) is 0 Å². The molecule has 2 aliphatic heterocycles. The number of nitrogens with zero attached hydrogens (tertiary/aromatic N) is 6. The zero-order chi connectivity index (χ0) is 27.1. The average molecular weight is 534 g/mol. The third kappa shape index (κ3) is 6.72. The number of carbonyl (C=O) groups excluding carboxylic acids is 1. The Kier molecular flexibility index (Phi) is 9.38. The van der Waals surface area contributed by atoms with Crippen molar-refractivity contribution in [3.63, 3.8) is 0 Å². The fraction of sp³-hybridized carbons (Fsp3) is 0.448. The first-order valence-corrected chi connectivity index (χ1v) is 13.7. The largest absolute Gasteiger partial charge is 0.354 e. The van der Waals surface area contributed by atoms with Crippen molar-refractivity contribution in [3.8, 4) is 17.5 Å². The van der Waals surface area contributed by atoms with Gasteiger partial charge >= 0.3 is 0 Å². The van der Waals surface area contributed by atoms with Gasteiger partial charge < -0.3 is 14.8 Å². The summed E-state index contributed by atoms with van der Waals surface area (Å²) in [5, 5.41) is 8.96. The first kappa shape index (κ1) is 27.6. The fourth-order valence-electron chi connectivity index (χ4n) is 5.43. The zero-order valence-electron chi connectivity index (χ0n) is 22.4. The van der Waals surface area contributed by atoms with Crippen molar-refractivity contribution < 1.29 is 4.79 Å². The summed E-state index contributed by atoms with van der Waals surface area (Å²) in [6.45, 7) is 11.0. The summed E-state index contributed by atoms with van der Waals surface area (Å²) in [7, 11) is 0. The summed E-state index contributed by atoms with van der Waals surface area (Å²) in [6.07, 6.45) is 8.84. The van der Waals surface area contributed by atoms with Crippen LogP contribution in [0.25, 0.3) is 11.4 Å². The van der Waals surface area contributed by atoms with Crippen molar-refractivity contribution >= 4 is 23.3 Å². The van der Waals surface area contributed by atoms with Crippen LogP contribution in [-0.2, 0) is 4.79 Å². The monoisotopic (exact) mass is 533 g/mol. The smallest absolute Gasteiger partial charge is 0.219 e. The van der Waals surface area contributed by atoms with E-state index in [9.17, 15) is 4.79 Å². The van der Waals surface area contributed by atoms with Crippen molar-refractivity contribution in [1.82, 2.24) is 24.8 Å². The van der Waals surface area contributed by atoms with Crippen molar-refractivity contribution in [1.29, 1.82) is 5.26 Å². The number of nitrogens with one attached hydrogen (secondary N) is 1. The number of nitriles is 1. The second kappa shape index (κ2) is 12.9. The molecule has 1 unspecified atom stereocenters. The maximum absolute atomic E-state index is 11.6. The highest BCUT2D eigenvalue weighted by molar-refractivity contribution is 6.30. The van der Waals surface area contributed by atoms with Crippen molar-refractivity contribution in [2.45, 2.75) is 52.1 Å². The second-order valence-corrected chi connectivity index (χ2v) is 10.3. The number of amides is 1. The van der Waals surface area contributed by atoms with Crippen LogP contribution in [0.4, 0.5) is 5.82 Å². The van der Waals surface area contributed by atoms with E-state index in [-0.39, 0.29) is 5.91 Å². The lowest BCUT2D eigenvalue weighted by molar-refractivity contribution is -0.130. The predicted octanol–water partition coefficient (Wildman–Crippen LogP) is 4.90. The molecule has 1 atom stereocenters. The van der Waals surface area contributed by atoms with Crippen LogP contribution in [0.3, 0.4) is 0 Å². The Labute approximate surface area is 230 Å². The molecule has 1 amide bonds. The number of piperazine rings is 1. The van der Waals surface area contributed by atoms with Gasteiger partial charge in [0.1, 0.15) is 11.6 Å². The van der Waals surface area contributed by atoms with Crippen LogP contribution in [0.5, 0.6) is 0 Å². The molecule has 4 heterocycles. The molecule has 38 heavy (non-hydrogen) atoms. The van der Waals surface area contributed by atoms with Crippen LogP contribution in [-0.4, -0.2) is 75.5 Å². The van der Waals surface area contributed by atoms with Crippen LogP contribution in [0, 0.1) is 18.3 Å². The minimum atomic E-state index is 0.208. The molecule has 9 heteroatoms. The molecule has 1 N–H and O–H groups in total. The van der Waals surface area contributed by atoms with E-state index in [0.717, 1.165) is 69.2 Å². The fourth-order valence-corrected chi connectivity index (χ4v) is 5.62. The molecule has 200 valence electrons. The number of likely N-dealkylation sites (tertiary alicyclic amines) is 1. The lowest BCUT2D eigenvalue weighted by Gasteiger charge is -2.47. The molecule has 0 spiro atoms. The Morgan fingerprint density at radius 3 is 2.55 bits per heavy atom. The first-order valence-electron chi connectivity index (χ1n) is 13.3. The molecule has 0 bridgehead atoms. The molecule has 8 nitrogen and oxygen atoms in total. The SMILES string of the molecule is CCC1CN(c2ncc(-c3ncc[nH]3)cc2C)CCN1C1CCN(C(C)=O)CC1.N#Cc1cccc(Cl)c1. The standard InChI is InChI=1S/C22H32N6O.C7H4ClN/c1-4-19-15-27(11-12-28(19)20-5-9-26(10-6-20)17(3)29)22-16(2)13-18(14-25-22)21-23-7-8-24-21;8-7-3-1-2-6(4-7)5-9/h7-8,13-14,19-20H,4-6,9-12,15H2,1-3H3,(H,23,24);1-4H. The van der Waals surface area contributed by atoms with Gasteiger partial charge in [-0.2, -0.15) is 5.26 Å². The van der Waals surface area contributed by atoms with E-state index in [1.54, 1.807) is 37.4 Å². The van der Waals surface area contributed by atoms with Crippen molar-refractivity contribution in [2.75, 3.05) is 37.6 Å². The van der Waals surface area contributed by atoms with Crippen LogP contribution < -0.4 is 4.90 Å². The molecule has 2 aliphatic rings. The highest BCUT2D eigenvalue weighted by atomic mass is 35.5. The number of anilines is 1. The summed E-state index contributed by atoms with van der Waals surface area (Å²) >= 11 is 5.57. The lowest BCUT2D eigenvalue weighted by atomic mass is 9.98. The first-order chi connectivity index (χ1) is 18.4. The normalized spacial score (nSPS) is 18.4. The molecule has 2 saturated heterocycles. The number of imidazole rings is 1. The van der Waals surface area contributed by atoms with Gasteiger partial charge in [0, 0.05) is 80.9 Å². The number of pyridine rings is 1. The third-order valence-electron chi connectivity index (χ3n) is 7.45. The van der Waals surface area contributed by atoms with E-state index >= 15 is 0 Å². The van der Waals surface area contributed by atoms with Gasteiger partial charge in [0.15, 0.2) is 0 Å². The highest BCUT2D eigenvalue weighted by Crippen LogP contribution is 2.28. The van der Waals surface area contributed by atoms with Gasteiger partial charge in [0.2, 0.25) is 5.91 Å². The summed E-state index contributed by atoms with van der Waals surface area (Å²) in [5.74, 6) is 2.16. The predicted molar refractivity (Wildman–Crippen MR) is 151 cm³/mol. The molecule has 0 aliphatic carbocycles. The summed E-state index contributed by atoms with van der Waals surface area (Å²) < 4.78 is 0. The van der Waals surface area contributed by atoms with E-state index < -0.39 is 0 Å². The number of rotatable bonds is 4. The van der Waals surface area contributed by atoms with Gasteiger partial charge in [0.25, 0.3) is 0 Å². The summed E-state index contributed by atoms with van der Waals surface area (Å²) in [5.41, 5.74) is 2.82. The number of hydrogen-bond donors (Lipinski definition) is 1. The number of benzene rings is 1. The minimum absolute atomic E-state index is 0.208. The van der Waals surface area contributed by atoms with Crippen molar-refractivity contribution in [3.05, 3.63) is 65.1 Å². The van der Waals surface area contributed by atoms with Crippen LogP contribution in [0.15, 0.2) is 48.9 Å². The Hall–Kier alpha value is -3.41. The molecule has 2 fully saturated rings. The molecule has 5 rings (SSSR count).